The molecule has 0 aliphatic heterocycles. The summed E-state index contributed by atoms with van der Waals surface area (Å²) in [5.41, 5.74) is 0.849. The van der Waals surface area contributed by atoms with E-state index in [9.17, 15) is 4.79 Å². The van der Waals surface area contributed by atoms with E-state index in [4.69, 9.17) is 9.47 Å². The molecule has 0 bridgehead atoms. The highest BCUT2D eigenvalue weighted by Gasteiger charge is 2.16. The topological polar surface area (TPSA) is 60.5 Å². The van der Waals surface area contributed by atoms with Crippen molar-refractivity contribution in [2.45, 2.75) is 44.0 Å². The predicted octanol–water partition coefficient (Wildman–Crippen LogP) is 4.60. The molecule has 7 heteroatoms. The van der Waals surface area contributed by atoms with Gasteiger partial charge in [0.05, 0.1) is 21.7 Å². The van der Waals surface area contributed by atoms with Crippen molar-refractivity contribution >= 4 is 48.5 Å². The quantitative estimate of drug-likeness (QED) is 0.608. The van der Waals surface area contributed by atoms with E-state index >= 15 is 0 Å². The summed E-state index contributed by atoms with van der Waals surface area (Å²) in [6.07, 6.45) is 2.89. The Bertz CT molecular complexity index is 677. The summed E-state index contributed by atoms with van der Waals surface area (Å²) >= 11 is 4.88. The number of methoxy groups -OCH3 is 1. The summed E-state index contributed by atoms with van der Waals surface area (Å²) in [6.45, 7) is 4.60. The van der Waals surface area contributed by atoms with Crippen LogP contribution in [-0.2, 0) is 9.53 Å². The minimum atomic E-state index is -0.182. The van der Waals surface area contributed by atoms with Gasteiger partial charge < -0.3 is 14.8 Å². The van der Waals surface area contributed by atoms with E-state index in [-0.39, 0.29) is 16.8 Å². The summed E-state index contributed by atoms with van der Waals surface area (Å²) in [4.78, 5) is 16.4. The van der Waals surface area contributed by atoms with E-state index in [1.165, 1.54) is 11.3 Å². The minimum Gasteiger partial charge on any atom is -0.488 e. The molecule has 0 aliphatic rings. The molecule has 1 amide bonds. The van der Waals surface area contributed by atoms with Crippen LogP contribution < -0.4 is 10.1 Å². The van der Waals surface area contributed by atoms with E-state index in [0.717, 1.165) is 35.2 Å². The standard InChI is InChI=1S/C17H23BrN2O3S/c1-4-5-6-13(18)16(21)20-17-19-14-8-7-12(9-15(14)24-17)23-11(2)10-22-3/h7-9,11,13H,4-6,10H2,1-3H3,(H,19,20,21)/t11-,13+/m0/s1. The lowest BCUT2D eigenvalue weighted by molar-refractivity contribution is -0.115. The number of ether oxygens (including phenoxy) is 2. The van der Waals surface area contributed by atoms with E-state index in [0.29, 0.717) is 11.7 Å². The van der Waals surface area contributed by atoms with Crippen LogP contribution in [0.3, 0.4) is 0 Å². The van der Waals surface area contributed by atoms with Crippen LogP contribution in [0.2, 0.25) is 0 Å². The Hall–Kier alpha value is -1.18. The van der Waals surface area contributed by atoms with Crippen LogP contribution in [-0.4, -0.2) is 35.5 Å². The first-order chi connectivity index (χ1) is 11.5. The zero-order valence-electron chi connectivity index (χ0n) is 14.2. The van der Waals surface area contributed by atoms with Crippen LogP contribution in [0.25, 0.3) is 10.2 Å². The monoisotopic (exact) mass is 414 g/mol. The maximum Gasteiger partial charge on any atom is 0.239 e. The highest BCUT2D eigenvalue weighted by molar-refractivity contribution is 9.10. The van der Waals surface area contributed by atoms with Gasteiger partial charge >= 0.3 is 0 Å². The van der Waals surface area contributed by atoms with Crippen molar-refractivity contribution in [1.82, 2.24) is 4.98 Å². The van der Waals surface area contributed by atoms with Crippen molar-refractivity contribution in [3.63, 3.8) is 0 Å². The number of carbonyl (C=O) groups is 1. The number of fused-ring (bicyclic) bond motifs is 1. The Morgan fingerprint density at radius 3 is 2.96 bits per heavy atom. The fourth-order valence-electron chi connectivity index (χ4n) is 2.23. The van der Waals surface area contributed by atoms with Crippen molar-refractivity contribution in [3.05, 3.63) is 18.2 Å². The van der Waals surface area contributed by atoms with Crippen molar-refractivity contribution in [3.8, 4) is 5.75 Å². The van der Waals surface area contributed by atoms with E-state index in [2.05, 4.69) is 33.2 Å². The molecule has 2 aromatic rings. The number of halogens is 1. The molecule has 0 radical (unpaired) electrons. The second-order valence-electron chi connectivity index (χ2n) is 5.63. The maximum absolute atomic E-state index is 12.1. The molecule has 2 rings (SSSR count). The fourth-order valence-corrected chi connectivity index (χ4v) is 3.57. The van der Waals surface area contributed by atoms with Gasteiger partial charge in [-0.1, -0.05) is 47.0 Å². The number of carbonyl (C=O) groups excluding carboxylic acids is 1. The highest BCUT2D eigenvalue weighted by atomic mass is 79.9. The first-order valence-corrected chi connectivity index (χ1v) is 9.77. The normalized spacial score (nSPS) is 13.7. The smallest absolute Gasteiger partial charge is 0.239 e. The lowest BCUT2D eigenvalue weighted by Gasteiger charge is -2.13. The number of thiazole rings is 1. The molecular weight excluding hydrogens is 392 g/mol. The molecule has 2 atom stereocenters. The molecule has 1 aromatic heterocycles. The van der Waals surface area contributed by atoms with Crippen LogP contribution in [0.5, 0.6) is 5.75 Å². The Kier molecular flexibility index (Phi) is 7.45. The number of hydrogen-bond acceptors (Lipinski definition) is 5. The summed E-state index contributed by atoms with van der Waals surface area (Å²) in [7, 11) is 1.65. The number of amides is 1. The van der Waals surface area contributed by atoms with Crippen LogP contribution >= 0.6 is 27.3 Å². The first-order valence-electron chi connectivity index (χ1n) is 8.04. The van der Waals surface area contributed by atoms with E-state index in [1.54, 1.807) is 7.11 Å². The third-order valence-corrected chi connectivity index (χ3v) is 5.23. The van der Waals surface area contributed by atoms with Gasteiger partial charge in [0.25, 0.3) is 0 Å². The SMILES string of the molecule is CCCC[C@@H](Br)C(=O)Nc1nc2ccc(O[C@@H](C)COC)cc2s1. The molecule has 1 aromatic carbocycles. The fraction of sp³-hybridized carbons (Fsp3) is 0.529. The predicted molar refractivity (Wildman–Crippen MR) is 102 cm³/mol. The molecule has 0 spiro atoms. The van der Waals surface area contributed by atoms with Crippen molar-refractivity contribution in [2.24, 2.45) is 0 Å². The second-order valence-corrected chi connectivity index (χ2v) is 7.77. The Balaban J connectivity index is 2.04. The molecule has 1 heterocycles. The summed E-state index contributed by atoms with van der Waals surface area (Å²) in [6, 6.07) is 5.73. The lowest BCUT2D eigenvalue weighted by Crippen LogP contribution is -2.22. The molecule has 1 N–H and O–H groups in total. The van der Waals surface area contributed by atoms with Crippen LogP contribution in [0.1, 0.15) is 33.1 Å². The second kappa shape index (κ2) is 9.34. The minimum absolute atomic E-state index is 0.0211. The van der Waals surface area contributed by atoms with Crippen LogP contribution in [0.15, 0.2) is 18.2 Å². The summed E-state index contributed by atoms with van der Waals surface area (Å²) < 4.78 is 11.8. The number of nitrogens with zero attached hydrogens (tertiary/aromatic N) is 1. The number of nitrogens with one attached hydrogen (secondary N) is 1. The van der Waals surface area contributed by atoms with Gasteiger partial charge in [0.15, 0.2) is 5.13 Å². The number of rotatable bonds is 9. The van der Waals surface area contributed by atoms with Gasteiger partial charge in [-0.25, -0.2) is 4.98 Å². The zero-order chi connectivity index (χ0) is 17.5. The molecule has 0 unspecified atom stereocenters. The molecular formula is C17H23BrN2O3S. The third-order valence-electron chi connectivity index (χ3n) is 3.42. The lowest BCUT2D eigenvalue weighted by atomic mass is 10.2. The Morgan fingerprint density at radius 1 is 1.46 bits per heavy atom. The van der Waals surface area contributed by atoms with E-state index < -0.39 is 0 Å². The molecule has 0 fully saturated rings. The summed E-state index contributed by atoms with van der Waals surface area (Å²) in [5, 5.41) is 3.49. The number of benzene rings is 1. The first kappa shape index (κ1) is 19.1. The van der Waals surface area contributed by atoms with Crippen molar-refractivity contribution in [1.29, 1.82) is 0 Å². The number of aromatic nitrogens is 1. The van der Waals surface area contributed by atoms with Gasteiger partial charge in [0.1, 0.15) is 11.9 Å². The van der Waals surface area contributed by atoms with Gasteiger partial charge in [0, 0.05) is 7.11 Å². The number of alkyl halides is 1. The summed E-state index contributed by atoms with van der Waals surface area (Å²) in [5.74, 6) is 0.725. The third kappa shape index (κ3) is 5.43. The molecule has 0 saturated carbocycles. The number of unbranched alkanes of at least 4 members (excludes halogenated alkanes) is 1. The van der Waals surface area contributed by atoms with Gasteiger partial charge in [-0.3, -0.25) is 4.79 Å². The van der Waals surface area contributed by atoms with Crippen molar-refractivity contribution < 1.29 is 14.3 Å². The molecule has 5 nitrogen and oxygen atoms in total. The maximum atomic E-state index is 12.1. The number of hydrogen-bond donors (Lipinski definition) is 1. The van der Waals surface area contributed by atoms with Gasteiger partial charge in [-0.15, -0.1) is 0 Å². The Morgan fingerprint density at radius 2 is 2.25 bits per heavy atom. The molecule has 24 heavy (non-hydrogen) atoms. The van der Waals surface area contributed by atoms with Crippen LogP contribution in [0.4, 0.5) is 5.13 Å². The van der Waals surface area contributed by atoms with Crippen molar-refractivity contribution in [2.75, 3.05) is 19.0 Å². The molecule has 0 aliphatic carbocycles. The van der Waals surface area contributed by atoms with Gasteiger partial charge in [0.2, 0.25) is 5.91 Å². The molecule has 0 saturated heterocycles. The average Bonchev–Trinajstić information content (AvgIpc) is 2.94. The highest BCUT2D eigenvalue weighted by Crippen LogP contribution is 2.30. The van der Waals surface area contributed by atoms with Crippen LogP contribution in [0, 0.1) is 0 Å². The zero-order valence-corrected chi connectivity index (χ0v) is 16.6. The van der Waals surface area contributed by atoms with E-state index in [1.807, 2.05) is 25.1 Å². The number of anilines is 1. The molecule has 132 valence electrons. The average molecular weight is 415 g/mol. The van der Waals surface area contributed by atoms with Gasteiger partial charge in [-0.2, -0.15) is 0 Å². The van der Waals surface area contributed by atoms with Gasteiger partial charge in [-0.05, 0) is 31.5 Å². The Labute approximate surface area is 154 Å². The largest absolute Gasteiger partial charge is 0.488 e.